The summed E-state index contributed by atoms with van der Waals surface area (Å²) in [5.41, 5.74) is 6.62. The van der Waals surface area contributed by atoms with Gasteiger partial charge >= 0.3 is 0 Å². The van der Waals surface area contributed by atoms with Crippen molar-refractivity contribution in [3.05, 3.63) is 65.5 Å². The molecule has 2 aromatic carbocycles. The molecule has 0 fully saturated rings. The van der Waals surface area contributed by atoms with Gasteiger partial charge < -0.3 is 5.73 Å². The Hall–Kier alpha value is -1.83. The van der Waals surface area contributed by atoms with E-state index in [9.17, 15) is 12.8 Å². The number of halogens is 1. The zero-order chi connectivity index (χ0) is 15.5. The summed E-state index contributed by atoms with van der Waals surface area (Å²) >= 11 is 4.82. The lowest BCUT2D eigenvalue weighted by Crippen LogP contribution is -2.23. The van der Waals surface area contributed by atoms with Gasteiger partial charge in [0.15, 0.2) is 0 Å². The van der Waals surface area contributed by atoms with Gasteiger partial charge in [0.1, 0.15) is 10.8 Å². The van der Waals surface area contributed by atoms with E-state index in [1.54, 1.807) is 12.1 Å². The number of nitrogens with two attached hydrogens (primary N) is 1. The first kappa shape index (κ1) is 15.6. The van der Waals surface area contributed by atoms with E-state index in [-0.39, 0.29) is 22.2 Å². The molecule has 0 unspecified atom stereocenters. The molecule has 0 heterocycles. The second-order valence-electron chi connectivity index (χ2n) is 4.34. The molecular formula is C14H13FN2O2S2. The molecule has 0 aliphatic heterocycles. The zero-order valence-electron chi connectivity index (χ0n) is 10.9. The van der Waals surface area contributed by atoms with E-state index in [2.05, 4.69) is 4.72 Å². The van der Waals surface area contributed by atoms with Gasteiger partial charge in [0.2, 0.25) is 10.0 Å². The van der Waals surface area contributed by atoms with Crippen LogP contribution in [0.3, 0.4) is 0 Å². The molecule has 0 bridgehead atoms. The average Bonchev–Trinajstić information content (AvgIpc) is 2.47. The number of thiocarbonyl (C=S) groups is 1. The summed E-state index contributed by atoms with van der Waals surface area (Å²) in [5.74, 6) is -0.370. The molecule has 2 aromatic rings. The van der Waals surface area contributed by atoms with Gasteiger partial charge in [-0.3, -0.25) is 0 Å². The van der Waals surface area contributed by atoms with Crippen LogP contribution in [0.2, 0.25) is 0 Å². The summed E-state index contributed by atoms with van der Waals surface area (Å²) in [6, 6.07) is 11.7. The van der Waals surface area contributed by atoms with Gasteiger partial charge in [-0.1, -0.05) is 36.5 Å². The SMILES string of the molecule is NC(=S)c1cccc(S(=O)(=O)NCc2ccc(F)cc2)c1. The summed E-state index contributed by atoms with van der Waals surface area (Å²) < 4.78 is 39.6. The minimum absolute atomic E-state index is 0.0694. The molecule has 7 heteroatoms. The van der Waals surface area contributed by atoms with Crippen LogP contribution in [-0.2, 0) is 16.6 Å². The van der Waals surface area contributed by atoms with Gasteiger partial charge in [0.25, 0.3) is 0 Å². The highest BCUT2D eigenvalue weighted by Gasteiger charge is 2.14. The summed E-state index contributed by atoms with van der Waals surface area (Å²) in [5, 5.41) is 0. The molecule has 0 aliphatic rings. The van der Waals surface area contributed by atoms with Crippen molar-refractivity contribution in [3.8, 4) is 0 Å². The minimum Gasteiger partial charge on any atom is -0.389 e. The van der Waals surface area contributed by atoms with Crippen molar-refractivity contribution in [1.29, 1.82) is 0 Å². The number of sulfonamides is 1. The molecule has 4 nitrogen and oxygen atoms in total. The second kappa shape index (κ2) is 6.30. The first-order chi connectivity index (χ1) is 9.88. The zero-order valence-corrected chi connectivity index (χ0v) is 12.5. The summed E-state index contributed by atoms with van der Waals surface area (Å²) in [6.45, 7) is 0.0694. The van der Waals surface area contributed by atoms with Gasteiger partial charge in [-0.15, -0.1) is 0 Å². The third-order valence-corrected chi connectivity index (χ3v) is 4.44. The number of hydrogen-bond acceptors (Lipinski definition) is 3. The maximum absolute atomic E-state index is 12.8. The van der Waals surface area contributed by atoms with E-state index in [0.29, 0.717) is 11.1 Å². The van der Waals surface area contributed by atoms with Crippen molar-refractivity contribution < 1.29 is 12.8 Å². The van der Waals surface area contributed by atoms with E-state index in [1.807, 2.05) is 0 Å². The average molecular weight is 324 g/mol. The summed E-state index contributed by atoms with van der Waals surface area (Å²) in [7, 11) is -3.68. The first-order valence-electron chi connectivity index (χ1n) is 6.02. The van der Waals surface area contributed by atoms with Crippen LogP contribution in [0.5, 0.6) is 0 Å². The van der Waals surface area contributed by atoms with Crippen molar-refractivity contribution in [2.45, 2.75) is 11.4 Å². The van der Waals surface area contributed by atoms with Gasteiger partial charge in [0.05, 0.1) is 4.90 Å². The van der Waals surface area contributed by atoms with Crippen molar-refractivity contribution in [2.24, 2.45) is 5.73 Å². The highest BCUT2D eigenvalue weighted by Crippen LogP contribution is 2.12. The van der Waals surface area contributed by atoms with E-state index in [4.69, 9.17) is 18.0 Å². The predicted octanol–water partition coefficient (Wildman–Crippen LogP) is 1.94. The Morgan fingerprint density at radius 1 is 1.19 bits per heavy atom. The summed E-state index contributed by atoms with van der Waals surface area (Å²) in [4.78, 5) is 0.209. The molecule has 0 saturated carbocycles. The highest BCUT2D eigenvalue weighted by atomic mass is 32.2. The first-order valence-corrected chi connectivity index (χ1v) is 7.91. The summed E-state index contributed by atoms with van der Waals surface area (Å²) in [6.07, 6.45) is 0. The standard InChI is InChI=1S/C14H13FN2O2S2/c15-12-6-4-10(5-7-12)9-17-21(18,19)13-3-1-2-11(8-13)14(16)20/h1-8,17H,9H2,(H2,16,20). The van der Waals surface area contributed by atoms with Gasteiger partial charge in [0, 0.05) is 12.1 Å². The van der Waals surface area contributed by atoms with Crippen LogP contribution in [0.4, 0.5) is 4.39 Å². The molecule has 0 radical (unpaired) electrons. The lowest BCUT2D eigenvalue weighted by molar-refractivity contribution is 0.581. The van der Waals surface area contributed by atoms with E-state index in [0.717, 1.165) is 0 Å². The maximum Gasteiger partial charge on any atom is 0.240 e. The molecule has 0 aliphatic carbocycles. The van der Waals surface area contributed by atoms with Crippen LogP contribution in [0.15, 0.2) is 53.4 Å². The molecule has 3 N–H and O–H groups in total. The molecule has 0 amide bonds. The Morgan fingerprint density at radius 2 is 1.86 bits per heavy atom. The molecule has 0 aromatic heterocycles. The Labute approximate surface area is 127 Å². The fraction of sp³-hybridized carbons (Fsp3) is 0.0714. The van der Waals surface area contributed by atoms with Gasteiger partial charge in [-0.25, -0.2) is 17.5 Å². The van der Waals surface area contributed by atoms with Crippen LogP contribution in [0, 0.1) is 5.82 Å². The van der Waals surface area contributed by atoms with E-state index < -0.39 is 10.0 Å². The maximum atomic E-state index is 12.8. The Kier molecular flexibility index (Phi) is 4.66. The van der Waals surface area contributed by atoms with Crippen LogP contribution in [-0.4, -0.2) is 13.4 Å². The fourth-order valence-corrected chi connectivity index (χ4v) is 2.87. The smallest absolute Gasteiger partial charge is 0.240 e. The van der Waals surface area contributed by atoms with Crippen LogP contribution >= 0.6 is 12.2 Å². The Bertz CT molecular complexity index is 759. The monoisotopic (exact) mass is 324 g/mol. The van der Waals surface area contributed by atoms with Crippen LogP contribution in [0.1, 0.15) is 11.1 Å². The second-order valence-corrected chi connectivity index (χ2v) is 6.55. The van der Waals surface area contributed by atoms with E-state index >= 15 is 0 Å². The normalized spacial score (nSPS) is 11.3. The third kappa shape index (κ3) is 4.07. The topological polar surface area (TPSA) is 72.2 Å². The van der Waals surface area contributed by atoms with Crippen molar-refractivity contribution in [1.82, 2.24) is 4.72 Å². The number of benzene rings is 2. The third-order valence-electron chi connectivity index (χ3n) is 2.81. The lowest BCUT2D eigenvalue weighted by atomic mass is 10.2. The number of rotatable bonds is 5. The van der Waals surface area contributed by atoms with Crippen molar-refractivity contribution in [3.63, 3.8) is 0 Å². The molecule has 0 spiro atoms. The predicted molar refractivity (Wildman–Crippen MR) is 82.8 cm³/mol. The minimum atomic E-state index is -3.68. The highest BCUT2D eigenvalue weighted by molar-refractivity contribution is 7.89. The van der Waals surface area contributed by atoms with Crippen molar-refractivity contribution in [2.75, 3.05) is 0 Å². The largest absolute Gasteiger partial charge is 0.389 e. The molecule has 21 heavy (non-hydrogen) atoms. The lowest BCUT2D eigenvalue weighted by Gasteiger charge is -2.08. The van der Waals surface area contributed by atoms with E-state index in [1.165, 1.54) is 36.4 Å². The van der Waals surface area contributed by atoms with Crippen LogP contribution in [0.25, 0.3) is 0 Å². The fourth-order valence-electron chi connectivity index (χ4n) is 1.68. The van der Waals surface area contributed by atoms with Gasteiger partial charge in [-0.2, -0.15) is 0 Å². The Balaban J connectivity index is 2.16. The van der Waals surface area contributed by atoms with Gasteiger partial charge in [-0.05, 0) is 29.8 Å². The Morgan fingerprint density at radius 3 is 2.48 bits per heavy atom. The number of hydrogen-bond donors (Lipinski definition) is 2. The number of nitrogens with one attached hydrogen (secondary N) is 1. The quantitative estimate of drug-likeness (QED) is 0.825. The molecule has 2 rings (SSSR count). The molecular weight excluding hydrogens is 311 g/mol. The van der Waals surface area contributed by atoms with Crippen molar-refractivity contribution >= 4 is 27.2 Å². The van der Waals surface area contributed by atoms with Crippen LogP contribution < -0.4 is 10.5 Å². The molecule has 0 saturated heterocycles. The molecule has 0 atom stereocenters. The molecule has 110 valence electrons.